The molecular weight excluding hydrogens is 352 g/mol. The Labute approximate surface area is 162 Å². The second-order valence-electron chi connectivity index (χ2n) is 7.21. The molecule has 1 aliphatic carbocycles. The summed E-state index contributed by atoms with van der Waals surface area (Å²) >= 11 is 0. The zero-order chi connectivity index (χ0) is 22.1. The molecule has 0 heterocycles. The highest BCUT2D eigenvalue weighted by Crippen LogP contribution is 2.39. The molecule has 0 spiro atoms. The molecule has 2 aromatic rings. The molecule has 0 radical (unpaired) electrons. The zero-order valence-corrected chi connectivity index (χ0v) is 15.4. The van der Waals surface area contributed by atoms with Gasteiger partial charge in [0, 0.05) is 9.68 Å². The maximum atomic E-state index is 14.8. The first kappa shape index (κ1) is 16.1. The second kappa shape index (κ2) is 8.90. The predicted molar refractivity (Wildman–Crippen MR) is 101 cm³/mol. The van der Waals surface area contributed by atoms with E-state index in [2.05, 4.69) is 6.92 Å². The number of hydrogen-bond donors (Lipinski definition) is 0. The lowest BCUT2D eigenvalue weighted by atomic mass is 9.77. The average Bonchev–Trinajstić information content (AvgIpc) is 2.65. The van der Waals surface area contributed by atoms with E-state index in [9.17, 15) is 17.6 Å². The standard InChI is InChI=1S/C23H26F4/c1-2-3-4-5-15-6-8-16(9-7-15)17-10-11-19(20(24)12-17)18-13-21(25)23(27)22(26)14-18/h10-16H,2-9H2,1H3/i8D,9D2. The highest BCUT2D eigenvalue weighted by atomic mass is 19.2. The number of hydrogen-bond acceptors (Lipinski definition) is 0. The third kappa shape index (κ3) is 4.72. The van der Waals surface area contributed by atoms with Crippen molar-refractivity contribution in [3.63, 3.8) is 0 Å². The zero-order valence-electron chi connectivity index (χ0n) is 18.4. The highest BCUT2D eigenvalue weighted by molar-refractivity contribution is 5.65. The van der Waals surface area contributed by atoms with E-state index >= 15 is 0 Å². The van der Waals surface area contributed by atoms with Gasteiger partial charge in [-0.05, 0) is 66.8 Å². The molecule has 0 aliphatic heterocycles. The van der Waals surface area contributed by atoms with Gasteiger partial charge >= 0.3 is 0 Å². The number of rotatable bonds is 6. The summed E-state index contributed by atoms with van der Waals surface area (Å²) in [6, 6.07) is 5.40. The summed E-state index contributed by atoms with van der Waals surface area (Å²) in [5, 5.41) is 0. The van der Waals surface area contributed by atoms with Gasteiger partial charge in [0.25, 0.3) is 0 Å². The Morgan fingerprint density at radius 3 is 2.33 bits per heavy atom. The van der Waals surface area contributed by atoms with Crippen LogP contribution >= 0.6 is 0 Å². The van der Waals surface area contributed by atoms with Crippen LogP contribution in [-0.4, -0.2) is 0 Å². The Hall–Kier alpha value is -1.84. The predicted octanol–water partition coefficient (Wildman–Crippen LogP) is 7.76. The molecule has 0 bridgehead atoms. The van der Waals surface area contributed by atoms with Gasteiger partial charge in [0.15, 0.2) is 17.5 Å². The van der Waals surface area contributed by atoms with Gasteiger partial charge in [-0.2, -0.15) is 0 Å². The molecule has 1 fully saturated rings. The van der Waals surface area contributed by atoms with Crippen LogP contribution in [0.4, 0.5) is 17.6 Å². The monoisotopic (exact) mass is 381 g/mol. The third-order valence-corrected chi connectivity index (χ3v) is 5.19. The first-order valence-corrected chi connectivity index (χ1v) is 9.50. The molecule has 27 heavy (non-hydrogen) atoms. The molecule has 0 N–H and O–H groups in total. The van der Waals surface area contributed by atoms with Crippen molar-refractivity contribution in [3.8, 4) is 11.1 Å². The molecule has 1 aliphatic rings. The summed E-state index contributed by atoms with van der Waals surface area (Å²) in [6.45, 7) is 2.11. The fourth-order valence-electron chi connectivity index (χ4n) is 3.62. The van der Waals surface area contributed by atoms with Gasteiger partial charge in [-0.3, -0.25) is 0 Å². The lowest BCUT2D eigenvalue weighted by molar-refractivity contribution is 0.302. The van der Waals surface area contributed by atoms with Crippen molar-refractivity contribution in [3.05, 3.63) is 59.2 Å². The molecular formula is C23H26F4. The molecule has 0 amide bonds. The van der Waals surface area contributed by atoms with Crippen molar-refractivity contribution >= 4 is 0 Å². The van der Waals surface area contributed by atoms with Crippen LogP contribution in [0.3, 0.4) is 0 Å². The van der Waals surface area contributed by atoms with Gasteiger partial charge in [0.05, 0.1) is 0 Å². The number of halogens is 4. The molecule has 1 saturated carbocycles. The van der Waals surface area contributed by atoms with Crippen LogP contribution in [0.15, 0.2) is 30.3 Å². The average molecular weight is 381 g/mol. The highest BCUT2D eigenvalue weighted by Gasteiger charge is 2.23. The van der Waals surface area contributed by atoms with Crippen molar-refractivity contribution in [1.29, 1.82) is 0 Å². The number of benzene rings is 2. The Bertz CT molecular complexity index is 877. The Kier molecular flexibility index (Phi) is 5.32. The Morgan fingerprint density at radius 1 is 0.963 bits per heavy atom. The van der Waals surface area contributed by atoms with Gasteiger partial charge in [-0.15, -0.1) is 0 Å². The van der Waals surface area contributed by atoms with Gasteiger partial charge in [-0.25, -0.2) is 17.6 Å². The fraction of sp³-hybridized carbons (Fsp3) is 0.478. The van der Waals surface area contributed by atoms with E-state index in [1.165, 1.54) is 12.1 Å². The van der Waals surface area contributed by atoms with E-state index in [1.54, 1.807) is 0 Å². The van der Waals surface area contributed by atoms with Gasteiger partial charge < -0.3 is 0 Å². The fourth-order valence-corrected chi connectivity index (χ4v) is 3.62. The molecule has 146 valence electrons. The van der Waals surface area contributed by atoms with Crippen molar-refractivity contribution in [2.75, 3.05) is 0 Å². The van der Waals surface area contributed by atoms with Crippen LogP contribution in [0.1, 0.15) is 73.8 Å². The quantitative estimate of drug-likeness (QED) is 0.272. The van der Waals surface area contributed by atoms with Crippen LogP contribution in [-0.2, 0) is 0 Å². The minimum atomic E-state index is -1.65. The lowest BCUT2D eigenvalue weighted by Gasteiger charge is -2.29. The van der Waals surface area contributed by atoms with Crippen molar-refractivity contribution in [2.45, 2.75) is 64.1 Å². The maximum Gasteiger partial charge on any atom is 0.194 e. The Morgan fingerprint density at radius 2 is 1.70 bits per heavy atom. The van der Waals surface area contributed by atoms with Crippen molar-refractivity contribution in [1.82, 2.24) is 0 Å². The van der Waals surface area contributed by atoms with Crippen LogP contribution in [0.2, 0.25) is 0 Å². The minimum Gasteiger partial charge on any atom is -0.206 e. The first-order chi connectivity index (χ1) is 14.1. The van der Waals surface area contributed by atoms with Gasteiger partial charge in [0.1, 0.15) is 5.82 Å². The van der Waals surface area contributed by atoms with E-state index in [0.29, 0.717) is 18.4 Å². The summed E-state index contributed by atoms with van der Waals surface area (Å²) in [7, 11) is 0. The summed E-state index contributed by atoms with van der Waals surface area (Å²) in [5.41, 5.74) is 0.115. The summed E-state index contributed by atoms with van der Waals surface area (Å²) in [4.78, 5) is 0. The van der Waals surface area contributed by atoms with Crippen LogP contribution in [0.25, 0.3) is 11.1 Å². The SMILES string of the molecule is [2H]C1CC(CCCCC)CC([2H])([2H])C1c1ccc(-c2cc(F)c(F)c(F)c2)c(F)c1. The maximum absolute atomic E-state index is 14.8. The van der Waals surface area contributed by atoms with Gasteiger partial charge in [-0.1, -0.05) is 44.7 Å². The summed E-state index contributed by atoms with van der Waals surface area (Å²) in [6.07, 6.45) is 2.62. The van der Waals surface area contributed by atoms with Crippen molar-refractivity contribution in [2.24, 2.45) is 5.92 Å². The Balaban J connectivity index is 1.85. The molecule has 3 unspecified atom stereocenters. The molecule has 3 atom stereocenters. The first-order valence-electron chi connectivity index (χ1n) is 11.1. The van der Waals surface area contributed by atoms with Crippen LogP contribution in [0, 0.1) is 29.2 Å². The second-order valence-corrected chi connectivity index (χ2v) is 7.21. The molecule has 0 aromatic heterocycles. The van der Waals surface area contributed by atoms with E-state index in [-0.39, 0.29) is 17.0 Å². The number of unbranched alkanes of at least 4 members (excludes halogenated alkanes) is 2. The van der Waals surface area contributed by atoms with E-state index < -0.39 is 42.0 Å². The summed E-state index contributed by atoms with van der Waals surface area (Å²) in [5.74, 6) is -5.86. The van der Waals surface area contributed by atoms with E-state index in [0.717, 1.165) is 43.9 Å². The van der Waals surface area contributed by atoms with E-state index in [1.807, 2.05) is 0 Å². The topological polar surface area (TPSA) is 0 Å². The van der Waals surface area contributed by atoms with Crippen molar-refractivity contribution < 1.29 is 21.7 Å². The normalized spacial score (nSPS) is 26.3. The molecule has 3 rings (SSSR count). The smallest absolute Gasteiger partial charge is 0.194 e. The van der Waals surface area contributed by atoms with Gasteiger partial charge in [0.2, 0.25) is 0 Å². The third-order valence-electron chi connectivity index (χ3n) is 5.19. The van der Waals surface area contributed by atoms with E-state index in [4.69, 9.17) is 4.11 Å². The minimum absolute atomic E-state index is 0.105. The molecule has 0 saturated heterocycles. The molecule has 4 heteroatoms. The molecule has 2 aromatic carbocycles. The largest absolute Gasteiger partial charge is 0.206 e. The summed E-state index contributed by atoms with van der Waals surface area (Å²) < 4.78 is 80.5. The lowest BCUT2D eigenvalue weighted by Crippen LogP contribution is -2.13. The van der Waals surface area contributed by atoms with Crippen LogP contribution in [0.5, 0.6) is 0 Å². The molecule has 0 nitrogen and oxygen atoms in total. The van der Waals surface area contributed by atoms with Crippen LogP contribution < -0.4 is 0 Å².